The normalized spacial score (nSPS) is 12.6. The molecule has 0 amide bonds. The molecule has 3 heterocycles. The average Bonchev–Trinajstić information content (AvgIpc) is 2.98. The standard InChI is InChI=1S/C12H12F3N5/c13-12(14,15)6-16-3-2-9-19-8-5-18-11-7(1-4-17-11)10(8)20-9/h1,4-5,16H,2-3,6H2,(H,17,18)(H,19,20). The van der Waals surface area contributed by atoms with Crippen LogP contribution in [-0.2, 0) is 6.42 Å². The molecule has 0 aromatic carbocycles. The Morgan fingerprint density at radius 1 is 1.30 bits per heavy atom. The molecular formula is C12H12F3N5. The lowest BCUT2D eigenvalue weighted by Gasteiger charge is -2.06. The second kappa shape index (κ2) is 4.78. The van der Waals surface area contributed by atoms with Crippen molar-refractivity contribution in [3.05, 3.63) is 24.3 Å². The lowest BCUT2D eigenvalue weighted by atomic mass is 10.3. The maximum Gasteiger partial charge on any atom is 0.401 e. The number of alkyl halides is 3. The number of imidazole rings is 1. The molecule has 0 bridgehead atoms. The van der Waals surface area contributed by atoms with Crippen molar-refractivity contribution in [2.75, 3.05) is 13.1 Å². The molecule has 0 aliphatic rings. The Balaban J connectivity index is 1.73. The van der Waals surface area contributed by atoms with Gasteiger partial charge in [-0.25, -0.2) is 9.97 Å². The van der Waals surface area contributed by atoms with E-state index in [1.807, 2.05) is 6.07 Å². The molecule has 0 unspecified atom stereocenters. The summed E-state index contributed by atoms with van der Waals surface area (Å²) in [5, 5.41) is 3.24. The lowest BCUT2D eigenvalue weighted by Crippen LogP contribution is -2.30. The van der Waals surface area contributed by atoms with Gasteiger partial charge in [0.05, 0.1) is 18.3 Å². The number of fused-ring (bicyclic) bond motifs is 3. The van der Waals surface area contributed by atoms with E-state index >= 15 is 0 Å². The topological polar surface area (TPSA) is 69.4 Å². The zero-order valence-electron chi connectivity index (χ0n) is 10.4. The molecule has 3 rings (SSSR count). The molecule has 0 aliphatic carbocycles. The van der Waals surface area contributed by atoms with Crippen LogP contribution in [0.2, 0.25) is 0 Å². The van der Waals surface area contributed by atoms with E-state index in [1.54, 1.807) is 12.4 Å². The number of H-pyrrole nitrogens is 2. The first-order valence-corrected chi connectivity index (χ1v) is 6.11. The fourth-order valence-electron chi connectivity index (χ4n) is 2.08. The van der Waals surface area contributed by atoms with Gasteiger partial charge in [0, 0.05) is 24.5 Å². The minimum absolute atomic E-state index is 0.211. The van der Waals surface area contributed by atoms with Gasteiger partial charge in [-0.1, -0.05) is 0 Å². The fraction of sp³-hybridized carbons (Fsp3) is 0.333. The van der Waals surface area contributed by atoms with Gasteiger partial charge >= 0.3 is 6.18 Å². The highest BCUT2D eigenvalue weighted by atomic mass is 19.4. The lowest BCUT2D eigenvalue weighted by molar-refractivity contribution is -0.124. The highest BCUT2D eigenvalue weighted by molar-refractivity contribution is 6.00. The Morgan fingerprint density at radius 3 is 2.95 bits per heavy atom. The SMILES string of the molecule is FC(F)(F)CNCCc1nc2c(cnc3[nH]ccc32)[nH]1. The molecule has 8 heteroatoms. The second-order valence-electron chi connectivity index (χ2n) is 4.49. The molecule has 0 spiro atoms. The molecule has 3 N–H and O–H groups in total. The third-order valence-corrected chi connectivity index (χ3v) is 2.95. The van der Waals surface area contributed by atoms with Crippen molar-refractivity contribution < 1.29 is 13.2 Å². The molecule has 20 heavy (non-hydrogen) atoms. The van der Waals surface area contributed by atoms with Crippen LogP contribution in [0.15, 0.2) is 18.5 Å². The van der Waals surface area contributed by atoms with Gasteiger partial charge in [0.15, 0.2) is 0 Å². The number of pyridine rings is 1. The Bertz CT molecular complexity index is 727. The number of nitrogens with zero attached hydrogens (tertiary/aromatic N) is 2. The smallest absolute Gasteiger partial charge is 0.346 e. The Kier molecular flexibility index (Phi) is 3.09. The van der Waals surface area contributed by atoms with Crippen molar-refractivity contribution in [1.82, 2.24) is 25.3 Å². The molecule has 0 atom stereocenters. The average molecular weight is 283 g/mol. The van der Waals surface area contributed by atoms with Gasteiger partial charge in [-0.2, -0.15) is 13.2 Å². The molecule has 3 aromatic rings. The molecule has 5 nitrogen and oxygen atoms in total. The summed E-state index contributed by atoms with van der Waals surface area (Å²) in [4.78, 5) is 14.7. The van der Waals surface area contributed by atoms with Gasteiger partial charge in [-0.3, -0.25) is 0 Å². The van der Waals surface area contributed by atoms with Crippen molar-refractivity contribution in [3.63, 3.8) is 0 Å². The van der Waals surface area contributed by atoms with Crippen LogP contribution in [-0.4, -0.2) is 39.2 Å². The van der Waals surface area contributed by atoms with Crippen LogP contribution in [0.5, 0.6) is 0 Å². The van der Waals surface area contributed by atoms with Crippen LogP contribution < -0.4 is 5.32 Å². The van der Waals surface area contributed by atoms with Gasteiger partial charge in [0.2, 0.25) is 0 Å². The summed E-state index contributed by atoms with van der Waals surface area (Å²) < 4.78 is 36.0. The number of halogens is 3. The van der Waals surface area contributed by atoms with E-state index in [0.717, 1.165) is 22.1 Å². The number of hydrogen-bond acceptors (Lipinski definition) is 3. The van der Waals surface area contributed by atoms with E-state index in [2.05, 4.69) is 25.3 Å². The van der Waals surface area contributed by atoms with Crippen LogP contribution in [0, 0.1) is 0 Å². The van der Waals surface area contributed by atoms with Crippen molar-refractivity contribution in [2.45, 2.75) is 12.6 Å². The number of rotatable bonds is 4. The third-order valence-electron chi connectivity index (χ3n) is 2.95. The predicted molar refractivity (Wildman–Crippen MR) is 68.4 cm³/mol. The molecule has 0 fully saturated rings. The van der Waals surface area contributed by atoms with Crippen molar-refractivity contribution >= 4 is 22.1 Å². The fourth-order valence-corrected chi connectivity index (χ4v) is 2.08. The Hall–Kier alpha value is -2.09. The molecular weight excluding hydrogens is 271 g/mol. The van der Waals surface area contributed by atoms with Crippen LogP contribution in [0.3, 0.4) is 0 Å². The highest BCUT2D eigenvalue weighted by Crippen LogP contribution is 2.20. The summed E-state index contributed by atoms with van der Waals surface area (Å²) in [6, 6.07) is 1.87. The summed E-state index contributed by atoms with van der Waals surface area (Å²) in [7, 11) is 0. The summed E-state index contributed by atoms with van der Waals surface area (Å²) in [5.41, 5.74) is 2.30. The Morgan fingerprint density at radius 2 is 2.15 bits per heavy atom. The van der Waals surface area contributed by atoms with E-state index in [9.17, 15) is 13.2 Å². The number of aromatic nitrogens is 4. The number of hydrogen-bond donors (Lipinski definition) is 3. The van der Waals surface area contributed by atoms with E-state index in [4.69, 9.17) is 0 Å². The summed E-state index contributed by atoms with van der Waals surface area (Å²) in [6.45, 7) is -0.778. The maximum absolute atomic E-state index is 12.0. The molecule has 0 radical (unpaired) electrons. The minimum atomic E-state index is -4.19. The quantitative estimate of drug-likeness (QED) is 0.642. The molecule has 0 saturated heterocycles. The number of aromatic amines is 2. The zero-order chi connectivity index (χ0) is 14.2. The summed E-state index contributed by atoms with van der Waals surface area (Å²) in [6.07, 6.45) is -0.351. The van der Waals surface area contributed by atoms with Gasteiger partial charge in [0.25, 0.3) is 0 Å². The van der Waals surface area contributed by atoms with Crippen LogP contribution in [0.4, 0.5) is 13.2 Å². The molecule has 0 saturated carbocycles. The zero-order valence-corrected chi connectivity index (χ0v) is 10.4. The van der Waals surface area contributed by atoms with E-state index in [0.29, 0.717) is 12.2 Å². The first kappa shape index (κ1) is 12.9. The van der Waals surface area contributed by atoms with E-state index in [1.165, 1.54) is 0 Å². The third kappa shape index (κ3) is 2.60. The van der Waals surface area contributed by atoms with Gasteiger partial charge in [-0.15, -0.1) is 0 Å². The molecule has 106 valence electrons. The summed E-state index contributed by atoms with van der Waals surface area (Å²) in [5.74, 6) is 0.644. The monoisotopic (exact) mass is 283 g/mol. The van der Waals surface area contributed by atoms with E-state index in [-0.39, 0.29) is 6.54 Å². The van der Waals surface area contributed by atoms with Crippen molar-refractivity contribution in [2.24, 2.45) is 0 Å². The van der Waals surface area contributed by atoms with Crippen LogP contribution in [0.25, 0.3) is 22.1 Å². The van der Waals surface area contributed by atoms with E-state index < -0.39 is 12.7 Å². The van der Waals surface area contributed by atoms with Crippen molar-refractivity contribution in [1.29, 1.82) is 0 Å². The molecule has 3 aromatic heterocycles. The highest BCUT2D eigenvalue weighted by Gasteiger charge is 2.25. The summed E-state index contributed by atoms with van der Waals surface area (Å²) >= 11 is 0. The maximum atomic E-state index is 12.0. The largest absolute Gasteiger partial charge is 0.401 e. The second-order valence-corrected chi connectivity index (χ2v) is 4.49. The van der Waals surface area contributed by atoms with Crippen molar-refractivity contribution in [3.8, 4) is 0 Å². The van der Waals surface area contributed by atoms with Gasteiger partial charge < -0.3 is 15.3 Å². The van der Waals surface area contributed by atoms with Crippen LogP contribution >= 0.6 is 0 Å². The number of nitrogens with one attached hydrogen (secondary N) is 3. The van der Waals surface area contributed by atoms with Crippen LogP contribution in [0.1, 0.15) is 5.82 Å². The first-order chi connectivity index (χ1) is 9.53. The van der Waals surface area contributed by atoms with Gasteiger partial charge in [0.1, 0.15) is 17.0 Å². The minimum Gasteiger partial charge on any atom is -0.346 e. The predicted octanol–water partition coefficient (Wildman–Crippen LogP) is 2.13. The Labute approximate surface area is 111 Å². The first-order valence-electron chi connectivity index (χ1n) is 6.11. The molecule has 0 aliphatic heterocycles. The van der Waals surface area contributed by atoms with Gasteiger partial charge in [-0.05, 0) is 6.07 Å².